The van der Waals surface area contributed by atoms with E-state index in [2.05, 4.69) is 31.9 Å². The van der Waals surface area contributed by atoms with E-state index < -0.39 is 17.6 Å². The molecule has 41 heavy (non-hydrogen) atoms. The number of halogens is 1. The number of nitrogens with one attached hydrogen (secondary N) is 1. The fraction of sp³-hybridized carbons (Fsp3) is 0.394. The number of aromatic amines is 1. The fourth-order valence-corrected chi connectivity index (χ4v) is 7.08. The standard InChI is InChI=1S/C33H36ClN5O2/c34-26-6-4-23(5-7-26)28-20-32(12-13-32)11-8-25(28)22-38-15-17-39(18-16-38)33(10-2-1-3-29(33)30(35)40)41-27-19-24-9-14-36-31(24)37-21-27/h1-7,9-10,14,19,21,29H,8,11-13,15-18,20,22H2,(H2,35,40)(H,36,37). The van der Waals surface area contributed by atoms with Crippen LogP contribution < -0.4 is 10.5 Å². The summed E-state index contributed by atoms with van der Waals surface area (Å²) >= 11 is 6.22. The maximum atomic E-state index is 12.7. The van der Waals surface area contributed by atoms with Crippen molar-refractivity contribution >= 4 is 34.1 Å². The van der Waals surface area contributed by atoms with Gasteiger partial charge in [0.25, 0.3) is 0 Å². The third kappa shape index (κ3) is 5.11. The highest BCUT2D eigenvalue weighted by molar-refractivity contribution is 6.30. The zero-order valence-corrected chi connectivity index (χ0v) is 23.9. The van der Waals surface area contributed by atoms with E-state index in [0.717, 1.165) is 55.2 Å². The fourth-order valence-electron chi connectivity index (χ4n) is 6.95. The third-order valence-corrected chi connectivity index (χ3v) is 9.78. The topological polar surface area (TPSA) is 87.5 Å². The molecule has 2 fully saturated rings. The van der Waals surface area contributed by atoms with Gasteiger partial charge in [-0.3, -0.25) is 14.6 Å². The Morgan fingerprint density at radius 2 is 1.90 bits per heavy atom. The second kappa shape index (κ2) is 10.5. The van der Waals surface area contributed by atoms with Crippen molar-refractivity contribution < 1.29 is 9.53 Å². The lowest BCUT2D eigenvalue weighted by Gasteiger charge is -2.49. The molecular weight excluding hydrogens is 534 g/mol. The monoisotopic (exact) mass is 569 g/mol. The van der Waals surface area contributed by atoms with E-state index >= 15 is 0 Å². The van der Waals surface area contributed by atoms with E-state index in [9.17, 15) is 4.79 Å². The normalized spacial score (nSPS) is 26.1. The zero-order valence-electron chi connectivity index (χ0n) is 23.2. The molecule has 3 heterocycles. The first-order valence-corrected chi connectivity index (χ1v) is 15.0. The Bertz CT molecular complexity index is 1550. The van der Waals surface area contributed by atoms with Crippen molar-refractivity contribution in [3.8, 4) is 5.75 Å². The van der Waals surface area contributed by atoms with Crippen LogP contribution in [0, 0.1) is 11.3 Å². The Morgan fingerprint density at radius 1 is 1.10 bits per heavy atom. The van der Waals surface area contributed by atoms with Crippen LogP contribution in [0.5, 0.6) is 5.75 Å². The first kappa shape index (κ1) is 26.5. The van der Waals surface area contributed by atoms with Gasteiger partial charge in [0.05, 0.1) is 6.20 Å². The molecule has 1 saturated carbocycles. The number of carbonyl (C=O) groups excluding carboxylic acids is 1. The molecule has 7 rings (SSSR count). The number of carbonyl (C=O) groups is 1. The van der Waals surface area contributed by atoms with Gasteiger partial charge in [-0.25, -0.2) is 4.98 Å². The number of pyridine rings is 1. The van der Waals surface area contributed by atoms with Crippen molar-refractivity contribution in [2.45, 2.75) is 37.8 Å². The van der Waals surface area contributed by atoms with Crippen molar-refractivity contribution in [1.29, 1.82) is 0 Å². The molecule has 2 aromatic heterocycles. The number of fused-ring (bicyclic) bond motifs is 1. The lowest BCUT2D eigenvalue weighted by atomic mass is 9.78. The van der Waals surface area contributed by atoms with E-state index in [1.54, 1.807) is 11.8 Å². The minimum atomic E-state index is -1.00. The van der Waals surface area contributed by atoms with Crippen molar-refractivity contribution in [3.63, 3.8) is 0 Å². The van der Waals surface area contributed by atoms with E-state index in [1.807, 2.05) is 54.8 Å². The molecule has 1 spiro atoms. The Kier molecular flexibility index (Phi) is 6.76. The zero-order chi connectivity index (χ0) is 28.0. The molecule has 8 heteroatoms. The SMILES string of the molecule is NC(=O)C1C=CC=CC1(Oc1cnc2[nH]ccc2c1)N1CCN(CC2=C(c3ccc(Cl)cc3)CC3(CC2)CC3)CC1. The first-order valence-electron chi connectivity index (χ1n) is 14.6. The van der Waals surface area contributed by atoms with Gasteiger partial charge in [-0.05, 0) is 79.0 Å². The van der Waals surface area contributed by atoms with Crippen LogP contribution in [0.3, 0.4) is 0 Å². The number of allylic oxidation sites excluding steroid dienone is 3. The highest BCUT2D eigenvalue weighted by atomic mass is 35.5. The summed E-state index contributed by atoms with van der Waals surface area (Å²) in [6.07, 6.45) is 17.6. The number of primary amides is 1. The summed E-state index contributed by atoms with van der Waals surface area (Å²) in [6.45, 7) is 4.25. The van der Waals surface area contributed by atoms with Crippen LogP contribution >= 0.6 is 11.6 Å². The van der Waals surface area contributed by atoms with Crippen LogP contribution in [0.25, 0.3) is 16.6 Å². The predicted molar refractivity (Wildman–Crippen MR) is 162 cm³/mol. The van der Waals surface area contributed by atoms with E-state index in [-0.39, 0.29) is 0 Å². The Hall–Kier alpha value is -3.39. The average Bonchev–Trinajstić information content (AvgIpc) is 3.57. The van der Waals surface area contributed by atoms with Crippen LogP contribution in [-0.2, 0) is 4.79 Å². The summed E-state index contributed by atoms with van der Waals surface area (Å²) in [5.74, 6) is -0.411. The van der Waals surface area contributed by atoms with Gasteiger partial charge in [0, 0.05) is 49.3 Å². The maximum Gasteiger partial charge on any atom is 0.230 e. The summed E-state index contributed by atoms with van der Waals surface area (Å²) in [5.41, 5.74) is 10.7. The number of ether oxygens (including phenoxy) is 1. The molecule has 3 aliphatic carbocycles. The molecule has 3 aromatic rings. The average molecular weight is 570 g/mol. The number of benzene rings is 1. The molecule has 1 amide bonds. The Morgan fingerprint density at radius 3 is 2.66 bits per heavy atom. The number of H-pyrrole nitrogens is 1. The lowest BCUT2D eigenvalue weighted by molar-refractivity contribution is -0.138. The van der Waals surface area contributed by atoms with Gasteiger partial charge in [0.1, 0.15) is 17.3 Å². The number of hydrogen-bond acceptors (Lipinski definition) is 5. The Balaban J connectivity index is 1.12. The quantitative estimate of drug-likeness (QED) is 0.389. The Labute approximate surface area is 245 Å². The number of rotatable bonds is 7. The van der Waals surface area contributed by atoms with Gasteiger partial charge in [-0.15, -0.1) is 0 Å². The highest BCUT2D eigenvalue weighted by Crippen LogP contribution is 2.59. The number of piperazine rings is 1. The number of nitrogens with zero attached hydrogens (tertiary/aromatic N) is 3. The molecule has 3 N–H and O–H groups in total. The molecule has 0 radical (unpaired) electrons. The second-order valence-electron chi connectivity index (χ2n) is 12.1. The molecule has 1 aliphatic heterocycles. The third-order valence-electron chi connectivity index (χ3n) is 9.52. The van der Waals surface area contributed by atoms with Crippen LogP contribution in [0.2, 0.25) is 5.02 Å². The highest BCUT2D eigenvalue weighted by Gasteiger charge is 2.49. The van der Waals surface area contributed by atoms with Crippen molar-refractivity contribution in [3.05, 3.63) is 89.3 Å². The van der Waals surface area contributed by atoms with Crippen LogP contribution in [-0.4, -0.2) is 64.1 Å². The number of aromatic nitrogens is 2. The van der Waals surface area contributed by atoms with Crippen molar-refractivity contribution in [2.75, 3.05) is 32.7 Å². The largest absolute Gasteiger partial charge is 0.466 e. The molecule has 2 unspecified atom stereocenters. The number of hydrogen-bond donors (Lipinski definition) is 2. The summed E-state index contributed by atoms with van der Waals surface area (Å²) in [7, 11) is 0. The van der Waals surface area contributed by atoms with Gasteiger partial charge >= 0.3 is 0 Å². The summed E-state index contributed by atoms with van der Waals surface area (Å²) in [5, 5.41) is 1.74. The molecule has 4 aliphatic rings. The maximum absolute atomic E-state index is 12.7. The second-order valence-corrected chi connectivity index (χ2v) is 12.5. The number of nitrogens with two attached hydrogens (primary N) is 1. The van der Waals surface area contributed by atoms with Crippen LogP contribution in [0.4, 0.5) is 0 Å². The minimum absolute atomic E-state index is 0.405. The van der Waals surface area contributed by atoms with Crippen molar-refractivity contribution in [1.82, 2.24) is 19.8 Å². The smallest absolute Gasteiger partial charge is 0.230 e. The molecule has 0 bridgehead atoms. The molecular formula is C33H36ClN5O2. The summed E-state index contributed by atoms with van der Waals surface area (Å²) in [6, 6.07) is 12.3. The van der Waals surface area contributed by atoms with E-state index in [4.69, 9.17) is 22.1 Å². The van der Waals surface area contributed by atoms with Gasteiger partial charge in [0.15, 0.2) is 5.72 Å². The van der Waals surface area contributed by atoms with Crippen LogP contribution in [0.1, 0.15) is 37.7 Å². The van der Waals surface area contributed by atoms with Crippen molar-refractivity contribution in [2.24, 2.45) is 17.1 Å². The van der Waals surface area contributed by atoms with Gasteiger partial charge in [-0.2, -0.15) is 0 Å². The lowest BCUT2D eigenvalue weighted by Crippen LogP contribution is -2.64. The minimum Gasteiger partial charge on any atom is -0.466 e. The number of amides is 1. The van der Waals surface area contributed by atoms with E-state index in [0.29, 0.717) is 11.2 Å². The van der Waals surface area contributed by atoms with Gasteiger partial charge in [-0.1, -0.05) is 47.5 Å². The molecule has 212 valence electrons. The molecule has 1 saturated heterocycles. The van der Waals surface area contributed by atoms with Gasteiger partial charge < -0.3 is 15.5 Å². The van der Waals surface area contributed by atoms with E-state index in [1.165, 1.54) is 36.8 Å². The summed E-state index contributed by atoms with van der Waals surface area (Å²) < 4.78 is 6.71. The predicted octanol–water partition coefficient (Wildman–Crippen LogP) is 5.55. The first-order chi connectivity index (χ1) is 19.9. The molecule has 7 nitrogen and oxygen atoms in total. The molecule has 2 atom stereocenters. The van der Waals surface area contributed by atoms with Gasteiger partial charge in [0.2, 0.25) is 5.91 Å². The van der Waals surface area contributed by atoms with Crippen LogP contribution in [0.15, 0.2) is 78.7 Å². The molecule has 1 aromatic carbocycles. The summed E-state index contributed by atoms with van der Waals surface area (Å²) in [4.78, 5) is 25.2.